The molecule has 6 nitrogen and oxygen atoms in total. The maximum Gasteiger partial charge on any atom is 0.573 e. The molecule has 0 saturated heterocycles. The molecule has 3 rings (SSSR count). The number of thioether (sulfide) groups is 1. The normalized spacial score (nSPS) is 11.5. The highest BCUT2D eigenvalue weighted by Crippen LogP contribution is 2.25. The van der Waals surface area contributed by atoms with Crippen molar-refractivity contribution in [1.29, 1.82) is 0 Å². The van der Waals surface area contributed by atoms with Gasteiger partial charge in [-0.05, 0) is 46.3 Å². The van der Waals surface area contributed by atoms with Crippen LogP contribution in [0.5, 0.6) is 5.75 Å². The largest absolute Gasteiger partial charge is 0.573 e. The van der Waals surface area contributed by atoms with Gasteiger partial charge in [-0.1, -0.05) is 17.8 Å². The standard InChI is InChI=1S/C14H10F3N5OS/c15-14(16,17)23-12-5-3-11(4-6-12)22-13(19-20-21-22)24-9-10-2-1-7-18-8-10/h1-8H,9H2. The van der Waals surface area contributed by atoms with Gasteiger partial charge in [0.15, 0.2) is 0 Å². The molecule has 1 aromatic carbocycles. The minimum atomic E-state index is -4.72. The molecule has 0 atom stereocenters. The van der Waals surface area contributed by atoms with Crippen LogP contribution in [-0.2, 0) is 5.75 Å². The fourth-order valence-electron chi connectivity index (χ4n) is 1.85. The van der Waals surface area contributed by atoms with E-state index in [9.17, 15) is 13.2 Å². The van der Waals surface area contributed by atoms with Gasteiger partial charge in [0.1, 0.15) is 5.75 Å². The summed E-state index contributed by atoms with van der Waals surface area (Å²) < 4.78 is 41.8. The first kappa shape index (κ1) is 16.2. The Kier molecular flexibility index (Phi) is 4.65. The Hall–Kier alpha value is -2.62. The smallest absolute Gasteiger partial charge is 0.406 e. The van der Waals surface area contributed by atoms with Crippen LogP contribution in [-0.4, -0.2) is 31.6 Å². The number of rotatable bonds is 5. The van der Waals surface area contributed by atoms with E-state index in [0.29, 0.717) is 16.6 Å². The van der Waals surface area contributed by atoms with Gasteiger partial charge < -0.3 is 4.74 Å². The molecule has 0 aliphatic heterocycles. The lowest BCUT2D eigenvalue weighted by atomic mass is 10.3. The third-order valence-corrected chi connectivity index (χ3v) is 3.84. The van der Waals surface area contributed by atoms with Gasteiger partial charge in [-0.15, -0.1) is 18.3 Å². The van der Waals surface area contributed by atoms with Gasteiger partial charge in [0.2, 0.25) is 5.16 Å². The second-order valence-corrected chi connectivity index (χ2v) is 5.51. The van der Waals surface area contributed by atoms with E-state index in [0.717, 1.165) is 5.56 Å². The zero-order valence-corrected chi connectivity index (χ0v) is 12.8. The Bertz CT molecular complexity index is 792. The molecule has 0 aliphatic rings. The van der Waals surface area contributed by atoms with Crippen molar-refractivity contribution in [3.05, 3.63) is 54.4 Å². The molecule has 0 fully saturated rings. The SMILES string of the molecule is FC(F)(F)Oc1ccc(-n2nnnc2SCc2cccnc2)cc1. The van der Waals surface area contributed by atoms with Gasteiger partial charge in [-0.3, -0.25) is 4.98 Å². The van der Waals surface area contributed by atoms with E-state index in [-0.39, 0.29) is 5.75 Å². The predicted molar refractivity (Wildman–Crippen MR) is 79.6 cm³/mol. The average Bonchev–Trinajstić information content (AvgIpc) is 3.02. The monoisotopic (exact) mass is 353 g/mol. The highest BCUT2D eigenvalue weighted by molar-refractivity contribution is 7.98. The van der Waals surface area contributed by atoms with Crippen LogP contribution in [0.3, 0.4) is 0 Å². The Labute approximate surface area is 138 Å². The highest BCUT2D eigenvalue weighted by Gasteiger charge is 2.31. The molecule has 3 aromatic rings. The van der Waals surface area contributed by atoms with Crippen LogP contribution in [0.25, 0.3) is 5.69 Å². The molecule has 0 spiro atoms. The summed E-state index contributed by atoms with van der Waals surface area (Å²) in [5.74, 6) is 0.313. The number of hydrogen-bond acceptors (Lipinski definition) is 6. The lowest BCUT2D eigenvalue weighted by Crippen LogP contribution is -2.17. The number of halogens is 3. The lowest BCUT2D eigenvalue weighted by molar-refractivity contribution is -0.274. The van der Waals surface area contributed by atoms with Gasteiger partial charge in [-0.25, -0.2) is 0 Å². The van der Waals surface area contributed by atoms with E-state index >= 15 is 0 Å². The Morgan fingerprint density at radius 2 is 1.92 bits per heavy atom. The van der Waals surface area contributed by atoms with Crippen molar-refractivity contribution < 1.29 is 17.9 Å². The van der Waals surface area contributed by atoms with Crippen molar-refractivity contribution >= 4 is 11.8 Å². The minimum Gasteiger partial charge on any atom is -0.406 e. The van der Waals surface area contributed by atoms with Crippen molar-refractivity contribution in [2.75, 3.05) is 0 Å². The van der Waals surface area contributed by atoms with E-state index in [1.165, 1.54) is 40.7 Å². The van der Waals surface area contributed by atoms with Crippen LogP contribution < -0.4 is 4.74 Å². The minimum absolute atomic E-state index is 0.302. The molecular weight excluding hydrogens is 343 g/mol. The van der Waals surface area contributed by atoms with Crippen LogP contribution in [0.2, 0.25) is 0 Å². The molecule has 124 valence electrons. The Morgan fingerprint density at radius 1 is 1.12 bits per heavy atom. The van der Waals surface area contributed by atoms with Crippen molar-refractivity contribution in [3.63, 3.8) is 0 Å². The van der Waals surface area contributed by atoms with Gasteiger partial charge in [0.05, 0.1) is 5.69 Å². The molecule has 0 saturated carbocycles. The lowest BCUT2D eigenvalue weighted by Gasteiger charge is -2.09. The summed E-state index contributed by atoms with van der Waals surface area (Å²) in [6.45, 7) is 0. The molecule has 0 radical (unpaired) electrons. The number of ether oxygens (including phenoxy) is 1. The summed E-state index contributed by atoms with van der Waals surface area (Å²) >= 11 is 1.39. The van der Waals surface area contributed by atoms with Gasteiger partial charge in [-0.2, -0.15) is 4.68 Å². The van der Waals surface area contributed by atoms with E-state index in [1.54, 1.807) is 12.4 Å². The number of benzene rings is 1. The molecule has 10 heteroatoms. The quantitative estimate of drug-likeness (QED) is 0.656. The van der Waals surface area contributed by atoms with Crippen molar-refractivity contribution in [2.45, 2.75) is 17.3 Å². The molecular formula is C14H10F3N5OS. The maximum atomic E-state index is 12.2. The van der Waals surface area contributed by atoms with Gasteiger partial charge in [0, 0.05) is 18.1 Å². The zero-order chi connectivity index (χ0) is 17.0. The zero-order valence-electron chi connectivity index (χ0n) is 12.0. The van der Waals surface area contributed by atoms with E-state index < -0.39 is 6.36 Å². The summed E-state index contributed by atoms with van der Waals surface area (Å²) in [4.78, 5) is 4.03. The first-order valence-electron chi connectivity index (χ1n) is 6.67. The number of tetrazole rings is 1. The second-order valence-electron chi connectivity index (χ2n) is 4.56. The summed E-state index contributed by atoms with van der Waals surface area (Å²) in [5.41, 5.74) is 1.54. The third kappa shape index (κ3) is 4.22. The number of aromatic nitrogens is 5. The van der Waals surface area contributed by atoms with Crippen LogP contribution in [0.1, 0.15) is 5.56 Å². The fourth-order valence-corrected chi connectivity index (χ4v) is 2.68. The van der Waals surface area contributed by atoms with Crippen LogP contribution in [0, 0.1) is 0 Å². The first-order chi connectivity index (χ1) is 11.5. The summed E-state index contributed by atoms with van der Waals surface area (Å²) in [6.07, 6.45) is -1.30. The molecule has 24 heavy (non-hydrogen) atoms. The van der Waals surface area contributed by atoms with Crippen LogP contribution in [0.4, 0.5) is 13.2 Å². The molecule has 0 unspecified atom stereocenters. The Balaban J connectivity index is 1.72. The molecule has 0 aliphatic carbocycles. The summed E-state index contributed by atoms with van der Waals surface area (Å²) in [6, 6.07) is 9.08. The molecule has 0 bridgehead atoms. The van der Waals surface area contributed by atoms with Crippen molar-refractivity contribution in [2.24, 2.45) is 0 Å². The second kappa shape index (κ2) is 6.87. The van der Waals surface area contributed by atoms with E-state index in [4.69, 9.17) is 0 Å². The topological polar surface area (TPSA) is 65.7 Å². The first-order valence-corrected chi connectivity index (χ1v) is 7.66. The number of nitrogens with zero attached hydrogens (tertiary/aromatic N) is 5. The van der Waals surface area contributed by atoms with Crippen molar-refractivity contribution in [1.82, 2.24) is 25.2 Å². The van der Waals surface area contributed by atoms with Gasteiger partial charge in [0.25, 0.3) is 0 Å². The molecule has 0 N–H and O–H groups in total. The van der Waals surface area contributed by atoms with Crippen LogP contribution in [0.15, 0.2) is 53.9 Å². The number of pyridine rings is 1. The Morgan fingerprint density at radius 3 is 2.58 bits per heavy atom. The summed E-state index contributed by atoms with van der Waals surface area (Å²) in [5, 5.41) is 11.9. The molecule has 0 amide bonds. The highest BCUT2D eigenvalue weighted by atomic mass is 32.2. The van der Waals surface area contributed by atoms with E-state index in [1.807, 2.05) is 12.1 Å². The van der Waals surface area contributed by atoms with E-state index in [2.05, 4.69) is 25.2 Å². The molecule has 2 aromatic heterocycles. The third-order valence-electron chi connectivity index (χ3n) is 2.85. The van der Waals surface area contributed by atoms with Gasteiger partial charge >= 0.3 is 6.36 Å². The fraction of sp³-hybridized carbons (Fsp3) is 0.143. The maximum absolute atomic E-state index is 12.2. The number of alkyl halides is 3. The average molecular weight is 353 g/mol. The van der Waals surface area contributed by atoms with Crippen molar-refractivity contribution in [3.8, 4) is 11.4 Å². The molecule has 2 heterocycles. The predicted octanol–water partition coefficient (Wildman–Crippen LogP) is 3.25. The summed E-state index contributed by atoms with van der Waals surface area (Å²) in [7, 11) is 0. The van der Waals surface area contributed by atoms with Crippen LogP contribution >= 0.6 is 11.8 Å². The number of hydrogen-bond donors (Lipinski definition) is 0.